The highest BCUT2D eigenvalue weighted by atomic mass is 16.4. The number of nitrogens with zero attached hydrogens (tertiary/aromatic N) is 3. The molecule has 5 heteroatoms. The molecule has 1 fully saturated rings. The van der Waals surface area contributed by atoms with Gasteiger partial charge in [0.05, 0.1) is 5.56 Å². The van der Waals surface area contributed by atoms with Crippen LogP contribution in [0.3, 0.4) is 0 Å². The molecule has 1 aromatic rings. The molecule has 0 atom stereocenters. The predicted molar refractivity (Wildman–Crippen MR) is 58.2 cm³/mol. The number of pyridine rings is 1. The summed E-state index contributed by atoms with van der Waals surface area (Å²) in [5, 5.41) is 11.7. The molecule has 0 saturated heterocycles. The maximum atomic E-state index is 8.67. The summed E-state index contributed by atoms with van der Waals surface area (Å²) >= 11 is 0. The van der Waals surface area contributed by atoms with Gasteiger partial charge < -0.3 is 15.8 Å². The first-order valence-corrected chi connectivity index (χ1v) is 4.89. The Bertz CT molecular complexity index is 387. The third-order valence-electron chi connectivity index (χ3n) is 2.60. The molecule has 0 aliphatic heterocycles. The summed E-state index contributed by atoms with van der Waals surface area (Å²) in [7, 11) is 1.98. The van der Waals surface area contributed by atoms with Crippen LogP contribution in [0.2, 0.25) is 0 Å². The van der Waals surface area contributed by atoms with Crippen LogP contribution in [0.25, 0.3) is 0 Å². The highest BCUT2D eigenvalue weighted by Gasteiger charge is 2.28. The van der Waals surface area contributed by atoms with Crippen LogP contribution in [0.5, 0.6) is 0 Å². The van der Waals surface area contributed by atoms with Gasteiger partial charge in [0, 0.05) is 19.3 Å². The van der Waals surface area contributed by atoms with Crippen LogP contribution >= 0.6 is 0 Å². The van der Waals surface area contributed by atoms with Crippen molar-refractivity contribution in [3.63, 3.8) is 0 Å². The van der Waals surface area contributed by atoms with Crippen molar-refractivity contribution in [3.8, 4) is 0 Å². The van der Waals surface area contributed by atoms with Crippen molar-refractivity contribution in [2.75, 3.05) is 11.9 Å². The van der Waals surface area contributed by atoms with E-state index in [1.807, 2.05) is 7.05 Å². The number of rotatable bonds is 3. The SMILES string of the molecule is CN(c1ncccc1/C(N)=N/O)C1CC1. The van der Waals surface area contributed by atoms with Crippen LogP contribution in [0.15, 0.2) is 23.5 Å². The summed E-state index contributed by atoms with van der Waals surface area (Å²) in [6.45, 7) is 0. The summed E-state index contributed by atoms with van der Waals surface area (Å²) in [5.41, 5.74) is 6.26. The number of amidine groups is 1. The molecule has 2 rings (SSSR count). The Balaban J connectivity index is 2.36. The number of hydrogen-bond acceptors (Lipinski definition) is 4. The van der Waals surface area contributed by atoms with Gasteiger partial charge in [-0.1, -0.05) is 5.16 Å². The molecule has 1 aromatic heterocycles. The van der Waals surface area contributed by atoms with E-state index in [4.69, 9.17) is 10.9 Å². The lowest BCUT2D eigenvalue weighted by Gasteiger charge is -2.19. The molecule has 1 aliphatic carbocycles. The Morgan fingerprint density at radius 2 is 2.40 bits per heavy atom. The van der Waals surface area contributed by atoms with E-state index >= 15 is 0 Å². The topological polar surface area (TPSA) is 74.7 Å². The molecule has 15 heavy (non-hydrogen) atoms. The van der Waals surface area contributed by atoms with E-state index in [2.05, 4.69) is 15.0 Å². The zero-order valence-electron chi connectivity index (χ0n) is 8.59. The van der Waals surface area contributed by atoms with Crippen LogP contribution < -0.4 is 10.6 Å². The Hall–Kier alpha value is -1.78. The maximum absolute atomic E-state index is 8.67. The predicted octanol–water partition coefficient (Wildman–Crippen LogP) is 0.775. The Morgan fingerprint density at radius 3 is 3.00 bits per heavy atom. The Morgan fingerprint density at radius 1 is 1.67 bits per heavy atom. The second-order valence-corrected chi connectivity index (χ2v) is 3.70. The number of anilines is 1. The van der Waals surface area contributed by atoms with E-state index < -0.39 is 0 Å². The summed E-state index contributed by atoms with van der Waals surface area (Å²) < 4.78 is 0. The highest BCUT2D eigenvalue weighted by molar-refractivity contribution is 6.01. The summed E-state index contributed by atoms with van der Waals surface area (Å²) in [6.07, 6.45) is 4.08. The van der Waals surface area contributed by atoms with Gasteiger partial charge in [-0.3, -0.25) is 0 Å². The van der Waals surface area contributed by atoms with Crippen molar-refractivity contribution in [3.05, 3.63) is 23.9 Å². The fraction of sp³-hybridized carbons (Fsp3) is 0.400. The number of hydrogen-bond donors (Lipinski definition) is 2. The average Bonchev–Trinajstić information content (AvgIpc) is 3.11. The lowest BCUT2D eigenvalue weighted by atomic mass is 10.2. The smallest absolute Gasteiger partial charge is 0.173 e. The largest absolute Gasteiger partial charge is 0.409 e. The van der Waals surface area contributed by atoms with Gasteiger partial charge in [0.1, 0.15) is 5.82 Å². The normalized spacial score (nSPS) is 16.5. The number of oxime groups is 1. The van der Waals surface area contributed by atoms with Gasteiger partial charge in [-0.05, 0) is 25.0 Å². The lowest BCUT2D eigenvalue weighted by molar-refractivity contribution is 0.318. The van der Waals surface area contributed by atoms with Gasteiger partial charge >= 0.3 is 0 Å². The molecule has 0 unspecified atom stereocenters. The van der Waals surface area contributed by atoms with Crippen molar-refractivity contribution in [1.29, 1.82) is 0 Å². The lowest BCUT2D eigenvalue weighted by Crippen LogP contribution is -2.25. The molecule has 80 valence electrons. The standard InChI is InChI=1S/C10H14N4O/c1-14(7-4-5-7)10-8(9(11)13-15)3-2-6-12-10/h2-3,6-7,15H,4-5H2,1H3,(H2,11,13). The van der Waals surface area contributed by atoms with Gasteiger partial charge in [-0.15, -0.1) is 0 Å². The van der Waals surface area contributed by atoms with E-state index in [9.17, 15) is 0 Å². The minimum absolute atomic E-state index is 0.102. The van der Waals surface area contributed by atoms with E-state index in [1.54, 1.807) is 18.3 Å². The minimum atomic E-state index is 0.102. The fourth-order valence-electron chi connectivity index (χ4n) is 1.57. The molecular weight excluding hydrogens is 192 g/mol. The van der Waals surface area contributed by atoms with Crippen molar-refractivity contribution < 1.29 is 5.21 Å². The van der Waals surface area contributed by atoms with Gasteiger partial charge in [0.15, 0.2) is 5.84 Å². The molecule has 1 saturated carbocycles. The van der Waals surface area contributed by atoms with Crippen molar-refractivity contribution >= 4 is 11.7 Å². The van der Waals surface area contributed by atoms with Crippen LogP contribution in [0.1, 0.15) is 18.4 Å². The molecule has 0 spiro atoms. The first-order chi connectivity index (χ1) is 7.24. The van der Waals surface area contributed by atoms with Gasteiger partial charge in [0.2, 0.25) is 0 Å². The molecule has 1 heterocycles. The Labute approximate surface area is 88.2 Å². The third-order valence-corrected chi connectivity index (χ3v) is 2.60. The van der Waals surface area contributed by atoms with Crippen molar-refractivity contribution in [2.24, 2.45) is 10.9 Å². The summed E-state index contributed by atoms with van der Waals surface area (Å²) in [6, 6.07) is 4.12. The van der Waals surface area contributed by atoms with E-state index in [0.29, 0.717) is 11.6 Å². The molecule has 1 aliphatic rings. The fourth-order valence-corrected chi connectivity index (χ4v) is 1.57. The molecule has 0 radical (unpaired) electrons. The zero-order valence-corrected chi connectivity index (χ0v) is 8.59. The first-order valence-electron chi connectivity index (χ1n) is 4.89. The molecule has 0 aromatic carbocycles. The summed E-state index contributed by atoms with van der Waals surface area (Å²) in [4.78, 5) is 6.34. The molecule has 0 bridgehead atoms. The monoisotopic (exact) mass is 206 g/mol. The van der Waals surface area contributed by atoms with E-state index in [1.165, 1.54) is 12.8 Å². The van der Waals surface area contributed by atoms with Gasteiger partial charge in [-0.25, -0.2) is 4.98 Å². The maximum Gasteiger partial charge on any atom is 0.173 e. The molecule has 3 N–H and O–H groups in total. The molecule has 0 amide bonds. The van der Waals surface area contributed by atoms with Crippen LogP contribution in [-0.2, 0) is 0 Å². The molecular formula is C10H14N4O. The highest BCUT2D eigenvalue weighted by Crippen LogP contribution is 2.30. The number of aromatic nitrogens is 1. The second kappa shape index (κ2) is 3.76. The average molecular weight is 206 g/mol. The van der Waals surface area contributed by atoms with Gasteiger partial charge in [-0.2, -0.15) is 0 Å². The Kier molecular flexibility index (Phi) is 2.45. The zero-order chi connectivity index (χ0) is 10.8. The molecule has 5 nitrogen and oxygen atoms in total. The van der Waals surface area contributed by atoms with Crippen LogP contribution in [-0.4, -0.2) is 29.1 Å². The number of nitrogens with two attached hydrogens (primary N) is 1. The van der Waals surface area contributed by atoms with Crippen molar-refractivity contribution in [1.82, 2.24) is 4.98 Å². The van der Waals surface area contributed by atoms with Crippen LogP contribution in [0.4, 0.5) is 5.82 Å². The quantitative estimate of drug-likeness (QED) is 0.331. The van der Waals surface area contributed by atoms with Gasteiger partial charge in [0.25, 0.3) is 0 Å². The third kappa shape index (κ3) is 1.86. The van der Waals surface area contributed by atoms with E-state index in [0.717, 1.165) is 5.82 Å². The first kappa shape index (κ1) is 9.76. The van der Waals surface area contributed by atoms with Crippen molar-refractivity contribution in [2.45, 2.75) is 18.9 Å². The summed E-state index contributed by atoms with van der Waals surface area (Å²) in [5.74, 6) is 0.876. The van der Waals surface area contributed by atoms with E-state index in [-0.39, 0.29) is 5.84 Å². The van der Waals surface area contributed by atoms with Crippen LogP contribution in [0, 0.1) is 0 Å². The second-order valence-electron chi connectivity index (χ2n) is 3.70. The minimum Gasteiger partial charge on any atom is -0.409 e.